The van der Waals surface area contributed by atoms with Crippen LogP contribution in [-0.2, 0) is 45.5 Å². The Morgan fingerprint density at radius 1 is 0.932 bits per heavy atom. The van der Waals surface area contributed by atoms with Gasteiger partial charge in [-0.05, 0) is 91.8 Å². The lowest BCUT2D eigenvalue weighted by molar-refractivity contribution is -0.145. The van der Waals surface area contributed by atoms with Crippen LogP contribution in [0.1, 0.15) is 125 Å². The number of primary amides is 1. The fraction of sp³-hybridized carbons (Fsp3) is 0.412. The minimum absolute atomic E-state index is 0.00534. The van der Waals surface area contributed by atoms with Gasteiger partial charge in [0.05, 0.1) is 10.9 Å². The molecule has 8 rings (SSSR count). The Balaban J connectivity index is 0.938. The van der Waals surface area contributed by atoms with Gasteiger partial charge in [0.2, 0.25) is 35.4 Å². The number of carbonyl (C=O) groups is 8. The number of rotatable bonds is 16. The quantitative estimate of drug-likeness (QED) is 0.0388. The lowest BCUT2D eigenvalue weighted by Crippen LogP contribution is -2.61. The Morgan fingerprint density at radius 2 is 1.71 bits per heavy atom. The van der Waals surface area contributed by atoms with Crippen LogP contribution >= 0.6 is 18.9 Å². The third-order valence-electron chi connectivity index (χ3n) is 13.8. The lowest BCUT2D eigenvalue weighted by Gasteiger charge is -2.39. The number of piperidine rings is 1. The molecule has 22 heteroatoms. The van der Waals surface area contributed by atoms with E-state index in [1.54, 1.807) is 36.4 Å². The molecule has 73 heavy (non-hydrogen) atoms. The Labute approximate surface area is 422 Å². The van der Waals surface area contributed by atoms with Crippen molar-refractivity contribution in [2.75, 3.05) is 13.1 Å². The van der Waals surface area contributed by atoms with Crippen molar-refractivity contribution < 1.29 is 61.5 Å². The van der Waals surface area contributed by atoms with Crippen LogP contribution in [0.5, 0.6) is 0 Å². The van der Waals surface area contributed by atoms with Gasteiger partial charge in [-0.25, -0.2) is 0 Å². The molecule has 4 aliphatic heterocycles. The summed E-state index contributed by atoms with van der Waals surface area (Å²) in [4.78, 5) is 129. The van der Waals surface area contributed by atoms with E-state index in [0.29, 0.717) is 54.4 Å². The molecule has 0 aliphatic carbocycles. The zero-order valence-electron chi connectivity index (χ0n) is 39.5. The molecule has 3 aromatic carbocycles. The number of benzene rings is 3. The molecule has 3 saturated heterocycles. The van der Waals surface area contributed by atoms with E-state index in [9.17, 15) is 61.5 Å². The number of nitrogens with one attached hydrogen (secondary N) is 3. The molecule has 5 atom stereocenters. The van der Waals surface area contributed by atoms with Gasteiger partial charge in [-0.2, -0.15) is 8.78 Å². The third-order valence-corrected chi connectivity index (χ3v) is 15.9. The minimum Gasteiger partial charge on any atom is -0.370 e. The SMILES string of the molecule is NC(=O)CC[C@H](NC(=O)[C@@H]1CC[C@@H]2CCN(C(=O)CCCCCC#Cc3cccc4c3CN(C3CCC(=O)NC3=O)C4=O)C[C@H](NC(=O)c3cc4cc(C(F)(F)P(=O)(O)O)ccc4s3)C(=O)N21)c1ccccc1. The Bertz CT molecular complexity index is 2970. The second-order valence-corrected chi connectivity index (χ2v) is 21.4. The molecular weight excluding hydrogens is 988 g/mol. The summed E-state index contributed by atoms with van der Waals surface area (Å²) in [6.07, 6.45) is 4.01. The molecule has 1 unspecified atom stereocenters. The number of hydrogen-bond acceptors (Lipinski definition) is 10. The number of thiophene rings is 1. The summed E-state index contributed by atoms with van der Waals surface area (Å²) in [5, 5.41) is 8.16. The Morgan fingerprint density at radius 3 is 2.45 bits per heavy atom. The highest BCUT2D eigenvalue weighted by molar-refractivity contribution is 7.52. The largest absolute Gasteiger partial charge is 0.399 e. The first-order chi connectivity index (χ1) is 34.8. The zero-order valence-corrected chi connectivity index (χ0v) is 41.2. The van der Waals surface area contributed by atoms with Crippen molar-refractivity contribution >= 4 is 76.3 Å². The molecule has 384 valence electrons. The van der Waals surface area contributed by atoms with Crippen molar-refractivity contribution in [3.8, 4) is 11.8 Å². The minimum atomic E-state index is -5.88. The number of halogens is 2. The number of alkyl halides is 2. The van der Waals surface area contributed by atoms with Crippen molar-refractivity contribution in [2.24, 2.45) is 5.73 Å². The highest BCUT2D eigenvalue weighted by Gasteiger charge is 2.51. The predicted molar refractivity (Wildman–Crippen MR) is 262 cm³/mol. The van der Waals surface area contributed by atoms with Crippen LogP contribution < -0.4 is 21.7 Å². The number of unbranched alkanes of at least 4 members (excludes halogenated alkanes) is 3. The van der Waals surface area contributed by atoms with Crippen LogP contribution in [0.25, 0.3) is 10.1 Å². The van der Waals surface area contributed by atoms with Crippen LogP contribution in [0.2, 0.25) is 0 Å². The molecule has 1 aromatic heterocycles. The van der Waals surface area contributed by atoms with Crippen molar-refractivity contribution in [3.63, 3.8) is 0 Å². The molecule has 4 aliphatic rings. The maximum atomic E-state index is 14.8. The Hall–Kier alpha value is -6.85. The highest BCUT2D eigenvalue weighted by Crippen LogP contribution is 2.59. The van der Waals surface area contributed by atoms with Crippen molar-refractivity contribution in [2.45, 2.75) is 119 Å². The molecule has 7 N–H and O–H groups in total. The maximum Gasteiger partial charge on any atom is 0.399 e. The van der Waals surface area contributed by atoms with E-state index in [1.807, 2.05) is 12.1 Å². The molecule has 18 nitrogen and oxygen atoms in total. The zero-order chi connectivity index (χ0) is 52.2. The van der Waals surface area contributed by atoms with Crippen LogP contribution in [0, 0.1) is 11.8 Å². The summed E-state index contributed by atoms with van der Waals surface area (Å²) in [7, 11) is -5.88. The molecule has 0 bridgehead atoms. The molecule has 8 amide bonds. The maximum absolute atomic E-state index is 14.8. The van der Waals surface area contributed by atoms with Gasteiger partial charge in [-0.3, -0.25) is 48.2 Å². The lowest BCUT2D eigenvalue weighted by atomic mass is 10.0. The second kappa shape index (κ2) is 22.1. The summed E-state index contributed by atoms with van der Waals surface area (Å²) < 4.78 is 41.2. The fourth-order valence-electron chi connectivity index (χ4n) is 9.95. The number of amides is 8. The Kier molecular flexibility index (Phi) is 15.9. The van der Waals surface area contributed by atoms with Gasteiger partial charge in [0.1, 0.15) is 18.1 Å². The van der Waals surface area contributed by atoms with Crippen LogP contribution in [0.4, 0.5) is 8.78 Å². The average molecular weight is 1040 g/mol. The van der Waals surface area contributed by atoms with Crippen molar-refractivity contribution in [3.05, 3.63) is 105 Å². The normalized spacial score (nSPS) is 20.6. The van der Waals surface area contributed by atoms with Crippen molar-refractivity contribution in [1.82, 2.24) is 30.7 Å². The van der Waals surface area contributed by atoms with E-state index in [2.05, 4.69) is 27.8 Å². The van der Waals surface area contributed by atoms with Gasteiger partial charge in [-0.15, -0.1) is 11.3 Å². The van der Waals surface area contributed by atoms with E-state index in [1.165, 1.54) is 26.8 Å². The first kappa shape index (κ1) is 52.5. The van der Waals surface area contributed by atoms with Gasteiger partial charge >= 0.3 is 13.3 Å². The van der Waals surface area contributed by atoms with Gasteiger partial charge < -0.3 is 40.9 Å². The second-order valence-electron chi connectivity index (χ2n) is 18.7. The van der Waals surface area contributed by atoms with Gasteiger partial charge in [0.25, 0.3) is 11.8 Å². The summed E-state index contributed by atoms with van der Waals surface area (Å²) in [6, 6.07) is 14.3. The number of nitrogens with two attached hydrogens (primary N) is 1. The number of hydrogen-bond donors (Lipinski definition) is 6. The monoisotopic (exact) mass is 1040 g/mol. The van der Waals surface area contributed by atoms with E-state index in [0.717, 1.165) is 34.6 Å². The van der Waals surface area contributed by atoms with E-state index >= 15 is 0 Å². The van der Waals surface area contributed by atoms with Gasteiger partial charge in [0.15, 0.2) is 0 Å². The molecular formula is C51H54F2N7O11PS. The highest BCUT2D eigenvalue weighted by atomic mass is 32.1. The number of carbonyl (C=O) groups excluding carboxylic acids is 8. The van der Waals surface area contributed by atoms with Gasteiger partial charge in [-0.1, -0.05) is 60.7 Å². The number of imide groups is 1. The molecule has 0 radical (unpaired) electrons. The van der Waals surface area contributed by atoms with E-state index < -0.39 is 78.6 Å². The molecule has 5 heterocycles. The van der Waals surface area contributed by atoms with E-state index in [-0.39, 0.29) is 86.1 Å². The van der Waals surface area contributed by atoms with Crippen molar-refractivity contribution in [1.29, 1.82) is 0 Å². The van der Waals surface area contributed by atoms with Crippen LogP contribution in [0.15, 0.2) is 72.8 Å². The fourth-order valence-corrected chi connectivity index (χ4v) is 11.4. The first-order valence-electron chi connectivity index (χ1n) is 24.1. The third kappa shape index (κ3) is 11.7. The summed E-state index contributed by atoms with van der Waals surface area (Å²) >= 11 is 0.902. The summed E-state index contributed by atoms with van der Waals surface area (Å²) in [5.74, 6) is 2.50. The number of fused-ring (bicyclic) bond motifs is 3. The van der Waals surface area contributed by atoms with Crippen LogP contribution in [-0.4, -0.2) is 109 Å². The first-order valence-corrected chi connectivity index (χ1v) is 26.5. The van der Waals surface area contributed by atoms with Gasteiger partial charge in [0, 0.05) is 72.7 Å². The van der Waals surface area contributed by atoms with E-state index in [4.69, 9.17) is 5.73 Å². The average Bonchev–Trinajstić information content (AvgIpc) is 4.08. The predicted octanol–water partition coefficient (Wildman–Crippen LogP) is 4.70. The summed E-state index contributed by atoms with van der Waals surface area (Å²) in [6.45, 7) is 0.157. The molecule has 0 saturated carbocycles. The summed E-state index contributed by atoms with van der Waals surface area (Å²) in [5.41, 5.74) is 2.60. The number of nitrogens with zero attached hydrogens (tertiary/aromatic N) is 3. The molecule has 3 fully saturated rings. The standard InChI is InChI=1S/C51H54F2N7O11PS/c52-51(53,72(69,70)71)33-16-21-41-32(26-33)27-42(73-41)48(66)56-38-29-58(25-24-34-17-19-40(60(34)50(38)68)47(65)55-37(18-22-43(54)61)31-11-6-4-7-12-31)45(63)15-8-3-1-2-5-10-30-13-9-14-35-36(30)28-59(49(35)67)39-20-23-44(62)57-46(39)64/h4,6-7,9,11-14,16,21,26-27,34,37-40H,1-3,8,15,17-20,22-25,28-29H2,(H2,54,61)(H,55,65)(H,56,66)(H,57,62,64)(H2,69,70,71)/t34-,37+,38+,39?,40+/m1/s1. The molecule has 4 aromatic rings. The molecule has 0 spiro atoms. The topological polar surface area (TPSA) is 266 Å². The smallest absolute Gasteiger partial charge is 0.370 e. The van der Waals surface area contributed by atoms with Crippen LogP contribution in [0.3, 0.4) is 0 Å².